The molecule has 0 bridgehead atoms. The van der Waals surface area contributed by atoms with Crippen LogP contribution in [-0.4, -0.2) is 26.2 Å². The summed E-state index contributed by atoms with van der Waals surface area (Å²) >= 11 is 1.70. The van der Waals surface area contributed by atoms with Gasteiger partial charge >= 0.3 is 0 Å². The molecule has 2 aromatic rings. The number of ether oxygens (including phenoxy) is 2. The number of amides is 1. The fourth-order valence-electron chi connectivity index (χ4n) is 2.15. The van der Waals surface area contributed by atoms with Crippen molar-refractivity contribution in [1.29, 1.82) is 0 Å². The molecule has 1 amide bonds. The maximum Gasteiger partial charge on any atom is 0.226 e. The van der Waals surface area contributed by atoms with Crippen LogP contribution in [0.25, 0.3) is 0 Å². The average Bonchev–Trinajstić information content (AvgIpc) is 3.06. The number of carbonyl (C=O) groups excluding carboxylic acids is 1. The van der Waals surface area contributed by atoms with Gasteiger partial charge in [-0.15, -0.1) is 11.3 Å². The smallest absolute Gasteiger partial charge is 0.226 e. The first kappa shape index (κ1) is 17.3. The first-order valence-corrected chi connectivity index (χ1v) is 8.28. The number of hydrogen-bond acceptors (Lipinski definition) is 5. The minimum Gasteiger partial charge on any atom is -0.497 e. The summed E-state index contributed by atoms with van der Waals surface area (Å²) in [4.78, 5) is 13.5. The Morgan fingerprint density at radius 3 is 2.74 bits per heavy atom. The van der Waals surface area contributed by atoms with Gasteiger partial charge in [-0.3, -0.25) is 4.79 Å². The number of benzene rings is 1. The lowest BCUT2D eigenvalue weighted by molar-refractivity contribution is -0.116. The molecule has 1 unspecified atom stereocenters. The lowest BCUT2D eigenvalue weighted by Gasteiger charge is -2.15. The zero-order valence-electron chi connectivity index (χ0n) is 13.6. The van der Waals surface area contributed by atoms with Crippen molar-refractivity contribution in [2.75, 3.05) is 19.5 Å². The zero-order valence-corrected chi connectivity index (χ0v) is 14.4. The van der Waals surface area contributed by atoms with E-state index in [1.54, 1.807) is 43.8 Å². The molecule has 2 rings (SSSR count). The van der Waals surface area contributed by atoms with Gasteiger partial charge in [0.2, 0.25) is 5.91 Å². The summed E-state index contributed by atoms with van der Waals surface area (Å²) < 4.78 is 10.4. The molecule has 124 valence electrons. The van der Waals surface area contributed by atoms with Crippen molar-refractivity contribution < 1.29 is 14.3 Å². The summed E-state index contributed by atoms with van der Waals surface area (Å²) in [5.74, 6) is 1.21. The molecule has 1 heterocycles. The molecule has 0 aliphatic carbocycles. The van der Waals surface area contributed by atoms with Crippen LogP contribution in [0.3, 0.4) is 0 Å². The van der Waals surface area contributed by atoms with Crippen molar-refractivity contribution in [1.82, 2.24) is 5.32 Å². The van der Waals surface area contributed by atoms with Gasteiger partial charge in [-0.05, 0) is 30.5 Å². The molecule has 1 aromatic carbocycles. The Labute approximate surface area is 140 Å². The highest BCUT2D eigenvalue weighted by Gasteiger charge is 2.12. The van der Waals surface area contributed by atoms with Crippen LogP contribution in [0.5, 0.6) is 11.5 Å². The summed E-state index contributed by atoms with van der Waals surface area (Å²) in [6.07, 6.45) is 0.381. The van der Waals surface area contributed by atoms with E-state index in [2.05, 4.69) is 16.7 Å². The van der Waals surface area contributed by atoms with E-state index in [0.29, 0.717) is 23.6 Å². The predicted octanol–water partition coefficient (Wildman–Crippen LogP) is 3.27. The first-order chi connectivity index (χ1) is 11.1. The minimum absolute atomic E-state index is 0.0669. The SMILES string of the molecule is COc1ccc(OC)c(NC(=O)CC(C)NCc2cccs2)c1. The summed E-state index contributed by atoms with van der Waals surface area (Å²) in [6, 6.07) is 9.49. The Hall–Kier alpha value is -2.05. The van der Waals surface area contributed by atoms with Gasteiger partial charge < -0.3 is 20.1 Å². The van der Waals surface area contributed by atoms with Gasteiger partial charge in [-0.25, -0.2) is 0 Å². The van der Waals surface area contributed by atoms with Crippen LogP contribution in [0, 0.1) is 0 Å². The lowest BCUT2D eigenvalue weighted by Crippen LogP contribution is -2.30. The quantitative estimate of drug-likeness (QED) is 0.778. The highest BCUT2D eigenvalue weighted by atomic mass is 32.1. The predicted molar refractivity (Wildman–Crippen MR) is 93.4 cm³/mol. The highest BCUT2D eigenvalue weighted by Crippen LogP contribution is 2.29. The Bertz CT molecular complexity index is 629. The van der Waals surface area contributed by atoms with Crippen LogP contribution in [0.15, 0.2) is 35.7 Å². The molecule has 1 aromatic heterocycles. The molecular weight excluding hydrogens is 312 g/mol. The molecule has 6 heteroatoms. The average molecular weight is 334 g/mol. The Morgan fingerprint density at radius 2 is 2.09 bits per heavy atom. The molecule has 0 fully saturated rings. The largest absolute Gasteiger partial charge is 0.497 e. The van der Waals surface area contributed by atoms with Crippen molar-refractivity contribution in [3.8, 4) is 11.5 Å². The molecule has 1 atom stereocenters. The monoisotopic (exact) mass is 334 g/mol. The van der Waals surface area contributed by atoms with Gasteiger partial charge in [0.25, 0.3) is 0 Å². The Kier molecular flexibility index (Phi) is 6.43. The fraction of sp³-hybridized carbons (Fsp3) is 0.353. The minimum atomic E-state index is -0.0669. The van der Waals surface area contributed by atoms with E-state index >= 15 is 0 Å². The second-order valence-electron chi connectivity index (χ2n) is 5.18. The van der Waals surface area contributed by atoms with Crippen molar-refractivity contribution in [3.63, 3.8) is 0 Å². The lowest BCUT2D eigenvalue weighted by atomic mass is 10.2. The molecule has 0 saturated carbocycles. The standard InChI is InChI=1S/C17H22N2O3S/c1-12(18-11-14-5-4-8-23-14)9-17(20)19-15-10-13(21-2)6-7-16(15)22-3/h4-8,10,12,18H,9,11H2,1-3H3,(H,19,20). The molecule has 5 nitrogen and oxygen atoms in total. The Morgan fingerprint density at radius 1 is 1.26 bits per heavy atom. The van der Waals surface area contributed by atoms with Crippen molar-refractivity contribution in [2.24, 2.45) is 0 Å². The summed E-state index contributed by atoms with van der Waals surface area (Å²) in [5, 5.41) is 8.27. The molecule has 0 aliphatic rings. The number of hydrogen-bond donors (Lipinski definition) is 2. The number of carbonyl (C=O) groups is 1. The van der Waals surface area contributed by atoms with Gasteiger partial charge in [0.15, 0.2) is 0 Å². The number of nitrogens with one attached hydrogen (secondary N) is 2. The summed E-state index contributed by atoms with van der Waals surface area (Å²) in [6.45, 7) is 2.77. The van der Waals surface area contributed by atoms with Crippen molar-refractivity contribution in [2.45, 2.75) is 25.9 Å². The van der Waals surface area contributed by atoms with Crippen LogP contribution in [0.4, 0.5) is 5.69 Å². The van der Waals surface area contributed by atoms with Crippen LogP contribution in [0.1, 0.15) is 18.2 Å². The maximum absolute atomic E-state index is 12.2. The second-order valence-corrected chi connectivity index (χ2v) is 6.21. The van der Waals surface area contributed by atoms with E-state index in [-0.39, 0.29) is 11.9 Å². The molecular formula is C17H22N2O3S. The van der Waals surface area contributed by atoms with E-state index in [4.69, 9.17) is 9.47 Å². The van der Waals surface area contributed by atoms with E-state index in [1.807, 2.05) is 18.4 Å². The van der Waals surface area contributed by atoms with Crippen LogP contribution < -0.4 is 20.1 Å². The van der Waals surface area contributed by atoms with Crippen molar-refractivity contribution >= 4 is 22.9 Å². The van der Waals surface area contributed by atoms with Crippen LogP contribution in [-0.2, 0) is 11.3 Å². The molecule has 0 radical (unpaired) electrons. The van der Waals surface area contributed by atoms with Gasteiger partial charge in [-0.1, -0.05) is 6.07 Å². The number of methoxy groups -OCH3 is 2. The van der Waals surface area contributed by atoms with Crippen LogP contribution in [0.2, 0.25) is 0 Å². The number of anilines is 1. The van der Waals surface area contributed by atoms with Gasteiger partial charge in [-0.2, -0.15) is 0 Å². The zero-order chi connectivity index (χ0) is 16.7. The molecule has 0 aliphatic heterocycles. The number of rotatable bonds is 8. The third-order valence-electron chi connectivity index (χ3n) is 3.38. The molecule has 23 heavy (non-hydrogen) atoms. The van der Waals surface area contributed by atoms with Gasteiger partial charge in [0.1, 0.15) is 11.5 Å². The fourth-order valence-corrected chi connectivity index (χ4v) is 2.81. The highest BCUT2D eigenvalue weighted by molar-refractivity contribution is 7.09. The van der Waals surface area contributed by atoms with E-state index < -0.39 is 0 Å². The van der Waals surface area contributed by atoms with E-state index in [0.717, 1.165) is 6.54 Å². The van der Waals surface area contributed by atoms with E-state index in [9.17, 15) is 4.79 Å². The van der Waals surface area contributed by atoms with Crippen molar-refractivity contribution in [3.05, 3.63) is 40.6 Å². The van der Waals surface area contributed by atoms with Gasteiger partial charge in [0.05, 0.1) is 19.9 Å². The second kappa shape index (κ2) is 8.55. The molecule has 2 N–H and O–H groups in total. The first-order valence-electron chi connectivity index (χ1n) is 7.40. The van der Waals surface area contributed by atoms with Gasteiger partial charge in [0, 0.05) is 30.0 Å². The topological polar surface area (TPSA) is 59.6 Å². The normalized spacial score (nSPS) is 11.8. The summed E-state index contributed by atoms with van der Waals surface area (Å²) in [7, 11) is 3.16. The molecule has 0 saturated heterocycles. The van der Waals surface area contributed by atoms with E-state index in [1.165, 1.54) is 4.88 Å². The molecule has 0 spiro atoms. The van der Waals surface area contributed by atoms with Crippen LogP contribution >= 0.6 is 11.3 Å². The summed E-state index contributed by atoms with van der Waals surface area (Å²) in [5.41, 5.74) is 0.613. The number of thiophene rings is 1. The third-order valence-corrected chi connectivity index (χ3v) is 4.25. The maximum atomic E-state index is 12.2. The third kappa shape index (κ3) is 5.26. The Balaban J connectivity index is 1.88.